The SMILES string of the molecule is CCC(C)NC(=O)C(C)N(Cc1cccc(Br)c1)C(=O)COc1cccc(Cl)c1. The van der Waals surface area contributed by atoms with Gasteiger partial charge in [-0.2, -0.15) is 0 Å². The molecule has 0 aromatic heterocycles. The van der Waals surface area contributed by atoms with Crippen LogP contribution >= 0.6 is 27.5 Å². The van der Waals surface area contributed by atoms with E-state index in [0.717, 1.165) is 16.5 Å². The Kier molecular flexibility index (Phi) is 8.99. The Labute approximate surface area is 185 Å². The van der Waals surface area contributed by atoms with Gasteiger partial charge in [0.25, 0.3) is 5.91 Å². The van der Waals surface area contributed by atoms with E-state index in [1.165, 1.54) is 4.90 Å². The summed E-state index contributed by atoms with van der Waals surface area (Å²) in [6, 6.07) is 13.9. The van der Waals surface area contributed by atoms with Gasteiger partial charge in [-0.25, -0.2) is 0 Å². The fourth-order valence-corrected chi connectivity index (χ4v) is 3.29. The van der Waals surface area contributed by atoms with Crippen molar-refractivity contribution in [1.29, 1.82) is 0 Å². The summed E-state index contributed by atoms with van der Waals surface area (Å²) in [6.45, 7) is 5.78. The third-order valence-electron chi connectivity index (χ3n) is 4.57. The minimum absolute atomic E-state index is 0.0375. The molecule has 0 heterocycles. The Bertz CT molecular complexity index is 846. The van der Waals surface area contributed by atoms with Crippen molar-refractivity contribution < 1.29 is 14.3 Å². The molecule has 2 rings (SSSR count). The van der Waals surface area contributed by atoms with Gasteiger partial charge in [0.1, 0.15) is 11.8 Å². The van der Waals surface area contributed by atoms with Crippen molar-refractivity contribution in [2.24, 2.45) is 0 Å². The van der Waals surface area contributed by atoms with Gasteiger partial charge in [-0.15, -0.1) is 0 Å². The summed E-state index contributed by atoms with van der Waals surface area (Å²) in [7, 11) is 0. The van der Waals surface area contributed by atoms with E-state index in [9.17, 15) is 9.59 Å². The first-order chi connectivity index (χ1) is 13.8. The molecule has 29 heavy (non-hydrogen) atoms. The summed E-state index contributed by atoms with van der Waals surface area (Å²) in [5.41, 5.74) is 0.915. The fourth-order valence-electron chi connectivity index (χ4n) is 2.66. The maximum Gasteiger partial charge on any atom is 0.261 e. The summed E-state index contributed by atoms with van der Waals surface area (Å²) in [5.74, 6) is 0.0344. The first kappa shape index (κ1) is 23.2. The Hall–Kier alpha value is -2.05. The van der Waals surface area contributed by atoms with Crippen LogP contribution in [0.1, 0.15) is 32.8 Å². The number of carbonyl (C=O) groups is 2. The molecule has 0 radical (unpaired) electrons. The van der Waals surface area contributed by atoms with Crippen molar-refractivity contribution in [1.82, 2.24) is 10.2 Å². The molecule has 5 nitrogen and oxygen atoms in total. The number of benzene rings is 2. The zero-order chi connectivity index (χ0) is 21.4. The molecule has 156 valence electrons. The Morgan fingerprint density at radius 1 is 1.17 bits per heavy atom. The third kappa shape index (κ3) is 7.37. The number of rotatable bonds is 9. The molecule has 0 aliphatic heterocycles. The molecule has 2 unspecified atom stereocenters. The van der Waals surface area contributed by atoms with Crippen LogP contribution < -0.4 is 10.1 Å². The van der Waals surface area contributed by atoms with Crippen molar-refractivity contribution in [3.63, 3.8) is 0 Å². The summed E-state index contributed by atoms with van der Waals surface area (Å²) >= 11 is 9.41. The van der Waals surface area contributed by atoms with Crippen LogP contribution in [0.2, 0.25) is 5.02 Å². The third-order valence-corrected chi connectivity index (χ3v) is 5.30. The van der Waals surface area contributed by atoms with Crippen LogP contribution in [0.15, 0.2) is 53.0 Å². The molecule has 2 atom stereocenters. The van der Waals surface area contributed by atoms with Gasteiger partial charge in [0, 0.05) is 22.1 Å². The summed E-state index contributed by atoms with van der Waals surface area (Å²) in [5, 5.41) is 3.47. The zero-order valence-corrected chi connectivity index (χ0v) is 19.2. The lowest BCUT2D eigenvalue weighted by molar-refractivity contribution is -0.142. The second-order valence-corrected chi connectivity index (χ2v) is 8.24. The minimum Gasteiger partial charge on any atom is -0.484 e. The van der Waals surface area contributed by atoms with Crippen molar-refractivity contribution in [3.8, 4) is 5.75 Å². The number of halogens is 2. The molecule has 2 aromatic carbocycles. The summed E-state index contributed by atoms with van der Waals surface area (Å²) < 4.78 is 6.52. The van der Waals surface area contributed by atoms with Gasteiger partial charge in [-0.1, -0.05) is 52.7 Å². The van der Waals surface area contributed by atoms with Crippen molar-refractivity contribution in [3.05, 3.63) is 63.6 Å². The number of nitrogens with one attached hydrogen (secondary N) is 1. The van der Waals surface area contributed by atoms with E-state index in [1.54, 1.807) is 31.2 Å². The predicted octanol–water partition coefficient (Wildman–Crippen LogP) is 4.81. The van der Waals surface area contributed by atoms with Crippen molar-refractivity contribution in [2.45, 2.75) is 45.8 Å². The highest BCUT2D eigenvalue weighted by molar-refractivity contribution is 9.10. The van der Waals surface area contributed by atoms with E-state index in [0.29, 0.717) is 17.3 Å². The summed E-state index contributed by atoms with van der Waals surface area (Å²) in [6.07, 6.45) is 0.815. The van der Waals surface area contributed by atoms with Crippen LogP contribution in [0.4, 0.5) is 0 Å². The molecule has 0 aliphatic carbocycles. The van der Waals surface area contributed by atoms with Gasteiger partial charge in [0.15, 0.2) is 6.61 Å². The molecule has 0 saturated heterocycles. The van der Waals surface area contributed by atoms with E-state index in [2.05, 4.69) is 21.2 Å². The highest BCUT2D eigenvalue weighted by atomic mass is 79.9. The molecule has 2 aromatic rings. The molecule has 2 amide bonds. The summed E-state index contributed by atoms with van der Waals surface area (Å²) in [4.78, 5) is 27.2. The Balaban J connectivity index is 2.15. The first-order valence-corrected chi connectivity index (χ1v) is 10.7. The highest BCUT2D eigenvalue weighted by Gasteiger charge is 2.27. The van der Waals surface area contributed by atoms with Crippen LogP contribution in [0.3, 0.4) is 0 Å². The van der Waals surface area contributed by atoms with E-state index in [-0.39, 0.29) is 24.5 Å². The lowest BCUT2D eigenvalue weighted by Gasteiger charge is -2.29. The van der Waals surface area contributed by atoms with Gasteiger partial charge in [0.05, 0.1) is 0 Å². The lowest BCUT2D eigenvalue weighted by atomic mass is 10.1. The van der Waals surface area contributed by atoms with Gasteiger partial charge in [0.2, 0.25) is 5.91 Å². The number of hydrogen-bond donors (Lipinski definition) is 1. The second kappa shape index (κ2) is 11.2. The van der Waals surface area contributed by atoms with Crippen molar-refractivity contribution >= 4 is 39.3 Å². The minimum atomic E-state index is -0.640. The quantitative estimate of drug-likeness (QED) is 0.559. The van der Waals surface area contributed by atoms with Crippen LogP contribution in [-0.4, -0.2) is 35.4 Å². The molecule has 7 heteroatoms. The maximum atomic E-state index is 13.0. The number of ether oxygens (including phenoxy) is 1. The van der Waals surface area contributed by atoms with E-state index < -0.39 is 6.04 Å². The molecule has 0 bridgehead atoms. The number of carbonyl (C=O) groups excluding carboxylic acids is 2. The molecular formula is C22H26BrClN2O3. The average Bonchev–Trinajstić information content (AvgIpc) is 2.69. The van der Waals surface area contributed by atoms with E-state index >= 15 is 0 Å². The molecule has 0 aliphatic rings. The molecule has 0 fully saturated rings. The molecular weight excluding hydrogens is 456 g/mol. The number of hydrogen-bond acceptors (Lipinski definition) is 3. The Morgan fingerprint density at radius 2 is 1.90 bits per heavy atom. The van der Waals surface area contributed by atoms with E-state index in [1.807, 2.05) is 38.1 Å². The van der Waals surface area contributed by atoms with Crippen LogP contribution in [-0.2, 0) is 16.1 Å². The topological polar surface area (TPSA) is 58.6 Å². The smallest absolute Gasteiger partial charge is 0.261 e. The van der Waals surface area contributed by atoms with Gasteiger partial charge in [-0.3, -0.25) is 9.59 Å². The maximum absolute atomic E-state index is 13.0. The molecule has 1 N–H and O–H groups in total. The first-order valence-electron chi connectivity index (χ1n) is 9.52. The largest absolute Gasteiger partial charge is 0.484 e. The molecule has 0 spiro atoms. The predicted molar refractivity (Wildman–Crippen MR) is 119 cm³/mol. The molecule has 0 saturated carbocycles. The highest BCUT2D eigenvalue weighted by Crippen LogP contribution is 2.18. The van der Waals surface area contributed by atoms with Gasteiger partial charge >= 0.3 is 0 Å². The van der Waals surface area contributed by atoms with Gasteiger partial charge < -0.3 is 15.0 Å². The monoisotopic (exact) mass is 480 g/mol. The average molecular weight is 482 g/mol. The zero-order valence-electron chi connectivity index (χ0n) is 16.8. The standard InChI is InChI=1S/C22H26BrClN2O3/c1-4-15(2)25-22(28)16(3)26(13-17-7-5-8-18(23)11-17)21(27)14-29-20-10-6-9-19(24)12-20/h5-12,15-16H,4,13-14H2,1-3H3,(H,25,28). The number of nitrogens with zero attached hydrogens (tertiary/aromatic N) is 1. The van der Waals surface area contributed by atoms with E-state index in [4.69, 9.17) is 16.3 Å². The fraction of sp³-hybridized carbons (Fsp3) is 0.364. The van der Waals surface area contributed by atoms with Crippen LogP contribution in [0.5, 0.6) is 5.75 Å². The van der Waals surface area contributed by atoms with Gasteiger partial charge in [-0.05, 0) is 56.2 Å². The Morgan fingerprint density at radius 3 is 2.55 bits per heavy atom. The lowest BCUT2D eigenvalue weighted by Crippen LogP contribution is -2.50. The van der Waals surface area contributed by atoms with Crippen LogP contribution in [0, 0.1) is 0 Å². The number of amides is 2. The normalized spacial score (nSPS) is 12.7. The second-order valence-electron chi connectivity index (χ2n) is 6.89. The van der Waals surface area contributed by atoms with Crippen molar-refractivity contribution in [2.75, 3.05) is 6.61 Å². The van der Waals surface area contributed by atoms with Crippen LogP contribution in [0.25, 0.3) is 0 Å².